The molecule has 0 radical (unpaired) electrons. The Morgan fingerprint density at radius 2 is 2.08 bits per heavy atom. The number of amides is 1. The van der Waals surface area contributed by atoms with Crippen LogP contribution >= 0.6 is 11.6 Å². The Bertz CT molecular complexity index is 1190. The molecule has 2 aromatic carbocycles. The summed E-state index contributed by atoms with van der Waals surface area (Å²) in [6.07, 6.45) is 7.69. The molecule has 3 aromatic rings. The predicted molar refractivity (Wildman–Crippen MR) is 137 cm³/mol. The Morgan fingerprint density at radius 3 is 2.78 bits per heavy atom. The summed E-state index contributed by atoms with van der Waals surface area (Å²) in [7, 11) is 0. The van der Waals surface area contributed by atoms with Crippen LogP contribution in [0.5, 0.6) is 0 Å². The van der Waals surface area contributed by atoms with Gasteiger partial charge in [0.15, 0.2) is 0 Å². The quantitative estimate of drug-likeness (QED) is 0.306. The van der Waals surface area contributed by atoms with Crippen LogP contribution in [0.2, 0.25) is 5.02 Å². The molecule has 1 unspecified atom stereocenters. The van der Waals surface area contributed by atoms with Crippen LogP contribution in [0.1, 0.15) is 35.2 Å². The Kier molecular flexibility index (Phi) is 8.64. The van der Waals surface area contributed by atoms with Gasteiger partial charge in [0.1, 0.15) is 6.33 Å². The number of nitrogens with zero attached hydrogens (tertiary/aromatic N) is 4. The van der Waals surface area contributed by atoms with Crippen molar-refractivity contribution in [1.29, 1.82) is 0 Å². The number of carboxylic acid groups (broad SMARTS) is 1. The highest BCUT2D eigenvalue weighted by molar-refractivity contribution is 6.30. The minimum absolute atomic E-state index is 0.121. The van der Waals surface area contributed by atoms with Gasteiger partial charge < -0.3 is 21.1 Å². The Balaban J connectivity index is 1.43. The first kappa shape index (κ1) is 25.3. The first-order chi connectivity index (χ1) is 17.5. The first-order valence-corrected chi connectivity index (χ1v) is 12.1. The number of halogens is 1. The number of hydrogen-bond acceptors (Lipinski definition) is 7. The van der Waals surface area contributed by atoms with Crippen molar-refractivity contribution in [1.82, 2.24) is 30.8 Å². The molecule has 36 heavy (non-hydrogen) atoms. The van der Waals surface area contributed by atoms with Crippen LogP contribution < -0.4 is 16.0 Å². The maximum absolute atomic E-state index is 12.9. The van der Waals surface area contributed by atoms with Crippen molar-refractivity contribution in [2.24, 2.45) is 5.92 Å². The lowest BCUT2D eigenvalue weighted by molar-refractivity contribution is -0.117. The van der Waals surface area contributed by atoms with E-state index in [1.165, 1.54) is 17.1 Å². The second kappa shape index (κ2) is 12.3. The minimum atomic E-state index is -0.966. The van der Waals surface area contributed by atoms with E-state index in [-0.39, 0.29) is 17.5 Å². The number of piperidine rings is 1. The number of aromatic carboxylic acids is 1. The molecule has 2 heterocycles. The van der Waals surface area contributed by atoms with Gasteiger partial charge in [-0.15, -0.1) is 5.10 Å². The fourth-order valence-electron chi connectivity index (χ4n) is 4.25. The third-order valence-electron chi connectivity index (χ3n) is 6.05. The number of anilines is 1. The number of nitrogens with one attached hydrogen (secondary N) is 3. The average Bonchev–Trinajstić information content (AvgIpc) is 3.42. The Morgan fingerprint density at radius 1 is 1.25 bits per heavy atom. The van der Waals surface area contributed by atoms with Gasteiger partial charge >= 0.3 is 5.97 Å². The van der Waals surface area contributed by atoms with Crippen LogP contribution in [0.4, 0.5) is 5.69 Å². The average molecular weight is 510 g/mol. The minimum Gasteiger partial charge on any atom is -0.478 e. The first-order valence-electron chi connectivity index (χ1n) is 11.8. The van der Waals surface area contributed by atoms with Crippen LogP contribution in [0, 0.1) is 5.92 Å². The van der Waals surface area contributed by atoms with Gasteiger partial charge in [0.25, 0.3) is 0 Å². The van der Waals surface area contributed by atoms with E-state index in [4.69, 9.17) is 16.7 Å². The van der Waals surface area contributed by atoms with Crippen molar-refractivity contribution in [3.8, 4) is 5.69 Å². The molecular weight excluding hydrogens is 482 g/mol. The van der Waals surface area contributed by atoms with Gasteiger partial charge in [0, 0.05) is 34.9 Å². The lowest BCUT2D eigenvalue weighted by atomic mass is 9.92. The van der Waals surface area contributed by atoms with Crippen LogP contribution in [-0.2, 0) is 4.79 Å². The van der Waals surface area contributed by atoms with Crippen molar-refractivity contribution in [3.05, 3.63) is 71.0 Å². The second-order valence-electron chi connectivity index (χ2n) is 8.71. The summed E-state index contributed by atoms with van der Waals surface area (Å²) in [6.45, 7) is 2.45. The van der Waals surface area contributed by atoms with E-state index in [1.54, 1.807) is 48.5 Å². The number of rotatable bonds is 10. The maximum Gasteiger partial charge on any atom is 0.335 e. The summed E-state index contributed by atoms with van der Waals surface area (Å²) in [5, 5.41) is 30.7. The van der Waals surface area contributed by atoms with Gasteiger partial charge in [0.05, 0.1) is 11.3 Å². The number of aromatic nitrogens is 4. The molecule has 1 saturated heterocycles. The zero-order valence-electron chi connectivity index (χ0n) is 19.6. The third-order valence-corrected chi connectivity index (χ3v) is 6.28. The second-order valence-corrected chi connectivity index (χ2v) is 9.14. The van der Waals surface area contributed by atoms with Gasteiger partial charge in [-0.25, -0.2) is 4.79 Å². The smallest absolute Gasteiger partial charge is 0.335 e. The lowest BCUT2D eigenvalue weighted by Crippen LogP contribution is -2.42. The Labute approximate surface area is 213 Å². The molecule has 1 fully saturated rings. The number of carboxylic acids is 1. The van der Waals surface area contributed by atoms with Crippen molar-refractivity contribution in [2.45, 2.75) is 25.3 Å². The summed E-state index contributed by atoms with van der Waals surface area (Å²) >= 11 is 6.17. The number of benzene rings is 2. The standard InChI is InChI=1S/C25H28ClN7O3/c26-20-6-9-23(33-16-29-31-32-33)19(13-20)5-10-24(34)30-22(12-17-2-1-11-27-14-17)15-28-21-7-3-18(4-8-21)25(35)36/h3-10,13,16-17,22,27-28H,1-2,11-12,14-15H2,(H,30,34)(H,35,36)/b10-5+/t17?,22-/m0/s1. The van der Waals surface area contributed by atoms with Crippen LogP contribution in [-0.4, -0.2) is 62.9 Å². The van der Waals surface area contributed by atoms with Gasteiger partial charge in [0.2, 0.25) is 5.91 Å². The maximum atomic E-state index is 12.9. The molecule has 1 aliphatic rings. The topological polar surface area (TPSA) is 134 Å². The number of tetrazole rings is 1. The molecule has 188 valence electrons. The van der Waals surface area contributed by atoms with Gasteiger partial charge in [-0.05, 0) is 97.2 Å². The zero-order chi connectivity index (χ0) is 25.3. The van der Waals surface area contributed by atoms with Crippen molar-refractivity contribution < 1.29 is 14.7 Å². The molecule has 4 N–H and O–H groups in total. The summed E-state index contributed by atoms with van der Waals surface area (Å²) in [4.78, 5) is 24.0. The van der Waals surface area contributed by atoms with Crippen LogP contribution in [0.3, 0.4) is 0 Å². The molecule has 0 bridgehead atoms. The molecule has 0 spiro atoms. The molecule has 1 aliphatic heterocycles. The highest BCUT2D eigenvalue weighted by atomic mass is 35.5. The van der Waals surface area contributed by atoms with Crippen molar-refractivity contribution >= 4 is 35.2 Å². The molecule has 11 heteroatoms. The molecule has 10 nitrogen and oxygen atoms in total. The number of hydrogen-bond donors (Lipinski definition) is 4. The fraction of sp³-hybridized carbons (Fsp3) is 0.320. The normalized spacial score (nSPS) is 16.5. The van der Waals surface area contributed by atoms with Crippen LogP contribution in [0.25, 0.3) is 11.8 Å². The summed E-state index contributed by atoms with van der Waals surface area (Å²) in [6, 6.07) is 11.7. The third kappa shape index (κ3) is 7.12. The molecule has 4 rings (SSSR count). The fourth-order valence-corrected chi connectivity index (χ4v) is 4.43. The highest BCUT2D eigenvalue weighted by Crippen LogP contribution is 2.21. The molecule has 1 amide bonds. The molecule has 1 aromatic heterocycles. The van der Waals surface area contributed by atoms with E-state index < -0.39 is 5.97 Å². The van der Waals surface area contributed by atoms with E-state index in [1.807, 2.05) is 0 Å². The number of carbonyl (C=O) groups is 2. The van der Waals surface area contributed by atoms with Gasteiger partial charge in [-0.2, -0.15) is 4.68 Å². The molecule has 2 atom stereocenters. The van der Waals surface area contributed by atoms with Crippen molar-refractivity contribution in [3.63, 3.8) is 0 Å². The van der Waals surface area contributed by atoms with E-state index in [2.05, 4.69) is 31.5 Å². The largest absolute Gasteiger partial charge is 0.478 e. The van der Waals surface area contributed by atoms with E-state index in [0.29, 0.717) is 28.7 Å². The SMILES string of the molecule is O=C(/C=C/c1cc(Cl)ccc1-n1cnnn1)N[C@H](CNc1ccc(C(=O)O)cc1)CC1CCCNC1. The predicted octanol–water partition coefficient (Wildman–Crippen LogP) is 3.01. The lowest BCUT2D eigenvalue weighted by Gasteiger charge is -2.28. The Hall–Kier alpha value is -3.76. The monoisotopic (exact) mass is 509 g/mol. The highest BCUT2D eigenvalue weighted by Gasteiger charge is 2.20. The van der Waals surface area contributed by atoms with Crippen molar-refractivity contribution in [2.75, 3.05) is 25.0 Å². The molecule has 0 aliphatic carbocycles. The molecule has 0 saturated carbocycles. The zero-order valence-corrected chi connectivity index (χ0v) is 20.4. The summed E-state index contributed by atoms with van der Waals surface area (Å²) < 4.78 is 1.51. The summed E-state index contributed by atoms with van der Waals surface area (Å²) in [5.74, 6) is -0.732. The number of carbonyl (C=O) groups excluding carboxylic acids is 1. The van der Waals surface area contributed by atoms with Gasteiger partial charge in [-0.1, -0.05) is 11.6 Å². The summed E-state index contributed by atoms with van der Waals surface area (Å²) in [5.41, 5.74) is 2.42. The van der Waals surface area contributed by atoms with Gasteiger partial charge in [-0.3, -0.25) is 4.79 Å². The van der Waals surface area contributed by atoms with E-state index in [9.17, 15) is 9.59 Å². The van der Waals surface area contributed by atoms with E-state index >= 15 is 0 Å². The van der Waals surface area contributed by atoms with E-state index in [0.717, 1.165) is 38.0 Å². The van der Waals surface area contributed by atoms with Crippen LogP contribution in [0.15, 0.2) is 54.9 Å². The molecular formula is C25H28ClN7O3.